The second-order valence-corrected chi connectivity index (χ2v) is 6.98. The molecule has 0 aliphatic rings. The first kappa shape index (κ1) is 17.4. The first-order chi connectivity index (χ1) is 14.2. The average molecular weight is 399 g/mol. The SMILES string of the molecule is O=c1c2cnn(-c3ccccc3)c2nc(-c2ccccc2)n1-c1ccc(Cl)cc1. The second kappa shape index (κ2) is 7.04. The number of fused-ring (bicyclic) bond motifs is 1. The highest BCUT2D eigenvalue weighted by molar-refractivity contribution is 6.30. The van der Waals surface area contributed by atoms with Gasteiger partial charge in [0.25, 0.3) is 5.56 Å². The molecule has 0 radical (unpaired) electrons. The minimum Gasteiger partial charge on any atom is -0.268 e. The van der Waals surface area contributed by atoms with E-state index in [1.807, 2.05) is 72.8 Å². The highest BCUT2D eigenvalue weighted by atomic mass is 35.5. The summed E-state index contributed by atoms with van der Waals surface area (Å²) >= 11 is 6.05. The van der Waals surface area contributed by atoms with Crippen molar-refractivity contribution >= 4 is 22.6 Å². The Morgan fingerprint density at radius 3 is 2.10 bits per heavy atom. The normalized spacial score (nSPS) is 11.1. The lowest BCUT2D eigenvalue weighted by Gasteiger charge is -2.13. The van der Waals surface area contributed by atoms with Crippen molar-refractivity contribution in [2.24, 2.45) is 0 Å². The van der Waals surface area contributed by atoms with Gasteiger partial charge in [-0.3, -0.25) is 9.36 Å². The molecule has 3 aromatic carbocycles. The van der Waals surface area contributed by atoms with Crippen molar-refractivity contribution in [1.82, 2.24) is 19.3 Å². The maximum atomic E-state index is 13.5. The van der Waals surface area contributed by atoms with E-state index in [1.165, 1.54) is 0 Å². The van der Waals surface area contributed by atoms with Crippen LogP contribution in [0.25, 0.3) is 33.8 Å². The Balaban J connectivity index is 1.86. The molecule has 2 aromatic heterocycles. The van der Waals surface area contributed by atoms with Gasteiger partial charge in [0.1, 0.15) is 11.2 Å². The van der Waals surface area contributed by atoms with Gasteiger partial charge in [-0.05, 0) is 36.4 Å². The van der Waals surface area contributed by atoms with Gasteiger partial charge in [0, 0.05) is 10.6 Å². The molecule has 0 amide bonds. The molecular weight excluding hydrogens is 384 g/mol. The van der Waals surface area contributed by atoms with Crippen molar-refractivity contribution in [3.63, 3.8) is 0 Å². The third-order valence-corrected chi connectivity index (χ3v) is 4.97. The summed E-state index contributed by atoms with van der Waals surface area (Å²) in [6.45, 7) is 0. The Kier molecular flexibility index (Phi) is 4.22. The zero-order valence-corrected chi connectivity index (χ0v) is 16.0. The summed E-state index contributed by atoms with van der Waals surface area (Å²) in [5.74, 6) is 0.545. The molecule has 0 aliphatic carbocycles. The van der Waals surface area contributed by atoms with Gasteiger partial charge < -0.3 is 0 Å². The van der Waals surface area contributed by atoms with Gasteiger partial charge in [-0.1, -0.05) is 60.1 Å². The van der Waals surface area contributed by atoms with Crippen LogP contribution in [0.2, 0.25) is 5.02 Å². The summed E-state index contributed by atoms with van der Waals surface area (Å²) in [5, 5.41) is 5.48. The van der Waals surface area contributed by atoms with E-state index in [-0.39, 0.29) is 5.56 Å². The number of aromatic nitrogens is 4. The number of benzene rings is 3. The summed E-state index contributed by atoms with van der Waals surface area (Å²) in [5.41, 5.74) is 2.71. The minimum absolute atomic E-state index is 0.182. The summed E-state index contributed by atoms with van der Waals surface area (Å²) in [6, 6.07) is 26.4. The van der Waals surface area contributed by atoms with Crippen LogP contribution in [0.15, 0.2) is 95.9 Å². The standard InChI is InChI=1S/C23H15ClN4O/c24-17-11-13-18(14-12-17)27-21(16-7-3-1-4-8-16)26-22-20(23(27)29)15-25-28(22)19-9-5-2-6-10-19/h1-15H. The molecule has 5 aromatic rings. The van der Waals surface area contributed by atoms with Gasteiger partial charge in [-0.15, -0.1) is 0 Å². The maximum absolute atomic E-state index is 13.5. The highest BCUT2D eigenvalue weighted by Crippen LogP contribution is 2.24. The summed E-state index contributed by atoms with van der Waals surface area (Å²) in [4.78, 5) is 18.4. The largest absolute Gasteiger partial charge is 0.269 e. The number of halogens is 1. The number of hydrogen-bond acceptors (Lipinski definition) is 3. The van der Waals surface area contributed by atoms with Crippen LogP contribution >= 0.6 is 11.6 Å². The number of rotatable bonds is 3. The van der Waals surface area contributed by atoms with Crippen LogP contribution in [-0.4, -0.2) is 19.3 Å². The molecule has 140 valence electrons. The maximum Gasteiger partial charge on any atom is 0.269 e. The number of hydrogen-bond donors (Lipinski definition) is 0. The van der Waals surface area contributed by atoms with Gasteiger partial charge in [-0.2, -0.15) is 5.10 Å². The van der Waals surface area contributed by atoms with Crippen LogP contribution in [0, 0.1) is 0 Å². The molecule has 0 atom stereocenters. The number of para-hydroxylation sites is 1. The van der Waals surface area contributed by atoms with E-state index in [1.54, 1.807) is 27.6 Å². The van der Waals surface area contributed by atoms with Crippen molar-refractivity contribution in [3.8, 4) is 22.8 Å². The lowest BCUT2D eigenvalue weighted by Crippen LogP contribution is -2.22. The van der Waals surface area contributed by atoms with E-state index in [9.17, 15) is 4.79 Å². The van der Waals surface area contributed by atoms with Crippen molar-refractivity contribution in [2.45, 2.75) is 0 Å². The van der Waals surface area contributed by atoms with E-state index in [4.69, 9.17) is 16.6 Å². The Morgan fingerprint density at radius 2 is 1.41 bits per heavy atom. The first-order valence-electron chi connectivity index (χ1n) is 9.10. The molecular formula is C23H15ClN4O. The Hall–Kier alpha value is -3.70. The monoisotopic (exact) mass is 398 g/mol. The molecule has 0 spiro atoms. The fourth-order valence-electron chi connectivity index (χ4n) is 3.34. The fourth-order valence-corrected chi connectivity index (χ4v) is 3.46. The molecule has 0 aliphatic heterocycles. The van der Waals surface area contributed by atoms with Crippen LogP contribution in [0.1, 0.15) is 0 Å². The molecule has 0 saturated carbocycles. The quantitative estimate of drug-likeness (QED) is 0.434. The Morgan fingerprint density at radius 1 is 0.759 bits per heavy atom. The molecule has 0 saturated heterocycles. The summed E-state index contributed by atoms with van der Waals surface area (Å²) < 4.78 is 3.29. The predicted octanol–water partition coefficient (Wildman–Crippen LogP) is 4.89. The Labute approximate surface area is 171 Å². The van der Waals surface area contributed by atoms with Gasteiger partial charge in [0.05, 0.1) is 17.6 Å². The molecule has 0 fully saturated rings. The van der Waals surface area contributed by atoms with Crippen LogP contribution in [-0.2, 0) is 0 Å². The Bertz CT molecular complexity index is 1360. The van der Waals surface area contributed by atoms with Crippen LogP contribution in [0.4, 0.5) is 0 Å². The van der Waals surface area contributed by atoms with Gasteiger partial charge >= 0.3 is 0 Å². The van der Waals surface area contributed by atoms with E-state index in [2.05, 4.69) is 5.10 Å². The number of nitrogens with zero attached hydrogens (tertiary/aromatic N) is 4. The van der Waals surface area contributed by atoms with Gasteiger partial charge in [-0.25, -0.2) is 9.67 Å². The van der Waals surface area contributed by atoms with Crippen molar-refractivity contribution < 1.29 is 0 Å². The molecule has 6 heteroatoms. The molecule has 5 rings (SSSR count). The smallest absolute Gasteiger partial charge is 0.268 e. The predicted molar refractivity (Wildman–Crippen MR) is 115 cm³/mol. The van der Waals surface area contributed by atoms with E-state index in [0.717, 1.165) is 11.3 Å². The minimum atomic E-state index is -0.182. The van der Waals surface area contributed by atoms with E-state index >= 15 is 0 Å². The van der Waals surface area contributed by atoms with E-state index in [0.29, 0.717) is 27.6 Å². The zero-order valence-electron chi connectivity index (χ0n) is 15.2. The third kappa shape index (κ3) is 3.02. The zero-order chi connectivity index (χ0) is 19.8. The van der Waals surface area contributed by atoms with Crippen LogP contribution in [0.3, 0.4) is 0 Å². The highest BCUT2D eigenvalue weighted by Gasteiger charge is 2.18. The van der Waals surface area contributed by atoms with E-state index < -0.39 is 0 Å². The molecule has 0 unspecified atom stereocenters. The topological polar surface area (TPSA) is 52.7 Å². The fraction of sp³-hybridized carbons (Fsp3) is 0. The van der Waals surface area contributed by atoms with Crippen molar-refractivity contribution in [1.29, 1.82) is 0 Å². The van der Waals surface area contributed by atoms with Crippen molar-refractivity contribution in [2.75, 3.05) is 0 Å². The van der Waals surface area contributed by atoms with Gasteiger partial charge in [0.15, 0.2) is 5.65 Å². The molecule has 2 heterocycles. The van der Waals surface area contributed by atoms with Gasteiger partial charge in [0.2, 0.25) is 0 Å². The lowest BCUT2D eigenvalue weighted by molar-refractivity contribution is 0.888. The average Bonchev–Trinajstić information content (AvgIpc) is 3.20. The molecule has 0 bridgehead atoms. The van der Waals surface area contributed by atoms with Crippen molar-refractivity contribution in [3.05, 3.63) is 107 Å². The summed E-state index contributed by atoms with van der Waals surface area (Å²) in [7, 11) is 0. The van der Waals surface area contributed by atoms with Crippen LogP contribution < -0.4 is 5.56 Å². The molecule has 5 nitrogen and oxygen atoms in total. The molecule has 29 heavy (non-hydrogen) atoms. The van der Waals surface area contributed by atoms with Crippen LogP contribution in [0.5, 0.6) is 0 Å². The summed E-state index contributed by atoms with van der Waals surface area (Å²) in [6.07, 6.45) is 1.57. The second-order valence-electron chi connectivity index (χ2n) is 6.55. The first-order valence-corrected chi connectivity index (χ1v) is 9.48. The molecule has 0 N–H and O–H groups in total. The lowest BCUT2D eigenvalue weighted by atomic mass is 10.2. The third-order valence-electron chi connectivity index (χ3n) is 4.72.